The normalized spacial score (nSPS) is 24.6. The Labute approximate surface area is 106 Å². The van der Waals surface area contributed by atoms with Crippen LogP contribution < -0.4 is 0 Å². The summed E-state index contributed by atoms with van der Waals surface area (Å²) < 4.78 is 1.99. The van der Waals surface area contributed by atoms with Gasteiger partial charge in [0.25, 0.3) is 0 Å². The number of nitrogens with zero attached hydrogens (tertiary/aromatic N) is 3. The quantitative estimate of drug-likeness (QED) is 0.814. The third-order valence-electron chi connectivity index (χ3n) is 3.84. The fraction of sp³-hybridized carbons (Fsp3) is 0.500. The van der Waals surface area contributed by atoms with Gasteiger partial charge in [0, 0.05) is 31.0 Å². The third kappa shape index (κ3) is 2.03. The minimum atomic E-state index is 0.0458. The largest absolute Gasteiger partial charge is 0.300 e. The van der Waals surface area contributed by atoms with Crippen molar-refractivity contribution in [1.29, 1.82) is 0 Å². The van der Waals surface area contributed by atoms with Crippen LogP contribution in [0.2, 0.25) is 0 Å². The van der Waals surface area contributed by atoms with Crippen LogP contribution in [0, 0.1) is 5.41 Å². The molecule has 3 rings (SSSR count). The molecule has 0 N–H and O–H groups in total. The monoisotopic (exact) mass is 243 g/mol. The average molecular weight is 243 g/mol. The molecule has 1 saturated carbocycles. The summed E-state index contributed by atoms with van der Waals surface area (Å²) in [7, 11) is 0. The van der Waals surface area contributed by atoms with Crippen molar-refractivity contribution < 1.29 is 4.79 Å². The number of hydrogen-bond donors (Lipinski definition) is 0. The number of ketones is 1. The maximum Gasteiger partial charge on any atom is 0.133 e. The highest BCUT2D eigenvalue weighted by Gasteiger charge is 2.32. The van der Waals surface area contributed by atoms with Gasteiger partial charge in [0.2, 0.25) is 0 Å². The molecule has 0 aromatic carbocycles. The van der Waals surface area contributed by atoms with Crippen molar-refractivity contribution in [1.82, 2.24) is 14.8 Å². The van der Waals surface area contributed by atoms with Gasteiger partial charge in [-0.2, -0.15) is 5.10 Å². The zero-order valence-corrected chi connectivity index (χ0v) is 10.6. The van der Waals surface area contributed by atoms with Crippen LogP contribution in [0.1, 0.15) is 32.6 Å². The van der Waals surface area contributed by atoms with Gasteiger partial charge in [-0.05, 0) is 24.3 Å². The molecule has 2 heterocycles. The second-order valence-electron chi connectivity index (χ2n) is 5.62. The number of carbonyl (C=O) groups is 1. The van der Waals surface area contributed by atoms with E-state index in [9.17, 15) is 4.79 Å². The second kappa shape index (κ2) is 4.19. The van der Waals surface area contributed by atoms with Gasteiger partial charge in [-0.15, -0.1) is 0 Å². The molecule has 0 bridgehead atoms. The van der Waals surface area contributed by atoms with Crippen LogP contribution in [0.3, 0.4) is 0 Å². The summed E-state index contributed by atoms with van der Waals surface area (Å²) in [5.74, 6) is 0.387. The number of aromatic nitrogens is 3. The molecule has 18 heavy (non-hydrogen) atoms. The number of Topliss-reactive ketones (excluding diaryl/α,β-unsaturated/α-hetero) is 1. The van der Waals surface area contributed by atoms with Gasteiger partial charge in [0.05, 0.1) is 17.9 Å². The first kappa shape index (κ1) is 11.4. The summed E-state index contributed by atoms with van der Waals surface area (Å²) in [5.41, 5.74) is 1.10. The molecule has 1 aliphatic carbocycles. The van der Waals surface area contributed by atoms with E-state index < -0.39 is 0 Å². The zero-order valence-electron chi connectivity index (χ0n) is 10.6. The fourth-order valence-electron chi connectivity index (χ4n) is 2.90. The van der Waals surface area contributed by atoms with Crippen molar-refractivity contribution in [3.05, 3.63) is 24.7 Å². The lowest BCUT2D eigenvalue weighted by Crippen LogP contribution is -2.30. The van der Waals surface area contributed by atoms with Crippen molar-refractivity contribution in [3.63, 3.8) is 0 Å². The first-order valence-corrected chi connectivity index (χ1v) is 6.44. The maximum atomic E-state index is 11.6. The first-order valence-electron chi connectivity index (χ1n) is 6.44. The van der Waals surface area contributed by atoms with Crippen LogP contribution in [0.15, 0.2) is 24.7 Å². The summed E-state index contributed by atoms with van der Waals surface area (Å²) in [6, 6.07) is 1.97. The minimum Gasteiger partial charge on any atom is -0.300 e. The molecule has 1 fully saturated rings. The Kier molecular flexibility index (Phi) is 2.65. The standard InChI is InChI=1S/C14H17N3O/c1-14(5-2-3-12(18)7-14)10-17-13-9-15-6-4-11(13)8-16-17/h4,6,8-9H,2-3,5,7,10H2,1H3/t14-/m0/s1. The van der Waals surface area contributed by atoms with Crippen LogP contribution in [0.4, 0.5) is 0 Å². The highest BCUT2D eigenvalue weighted by Crippen LogP contribution is 2.36. The molecule has 0 spiro atoms. The van der Waals surface area contributed by atoms with E-state index in [2.05, 4.69) is 17.0 Å². The van der Waals surface area contributed by atoms with Crippen molar-refractivity contribution in [3.8, 4) is 0 Å². The average Bonchev–Trinajstić information content (AvgIpc) is 2.72. The van der Waals surface area contributed by atoms with Crippen molar-refractivity contribution in [2.75, 3.05) is 0 Å². The Morgan fingerprint density at radius 1 is 1.44 bits per heavy atom. The lowest BCUT2D eigenvalue weighted by atomic mass is 9.75. The van der Waals surface area contributed by atoms with Crippen molar-refractivity contribution in [2.24, 2.45) is 5.41 Å². The van der Waals surface area contributed by atoms with Crippen LogP contribution in [-0.4, -0.2) is 20.5 Å². The fourth-order valence-corrected chi connectivity index (χ4v) is 2.90. The van der Waals surface area contributed by atoms with Gasteiger partial charge in [-0.3, -0.25) is 14.5 Å². The highest BCUT2D eigenvalue weighted by molar-refractivity contribution is 5.80. The Hall–Kier alpha value is -1.71. The van der Waals surface area contributed by atoms with E-state index in [1.165, 1.54) is 0 Å². The predicted molar refractivity (Wildman–Crippen MR) is 69.1 cm³/mol. The van der Waals surface area contributed by atoms with Gasteiger partial charge in [-0.25, -0.2) is 0 Å². The molecule has 0 unspecified atom stereocenters. The molecule has 4 heteroatoms. The summed E-state index contributed by atoms with van der Waals surface area (Å²) in [5, 5.41) is 5.53. The van der Waals surface area contributed by atoms with Gasteiger partial charge >= 0.3 is 0 Å². The molecule has 2 aromatic rings. The Morgan fingerprint density at radius 2 is 2.33 bits per heavy atom. The molecular weight excluding hydrogens is 226 g/mol. The third-order valence-corrected chi connectivity index (χ3v) is 3.84. The molecule has 0 aliphatic heterocycles. The van der Waals surface area contributed by atoms with E-state index in [-0.39, 0.29) is 5.41 Å². The SMILES string of the molecule is C[C@]1(Cn2ncc3ccncc32)CCCC(=O)C1. The molecule has 4 nitrogen and oxygen atoms in total. The predicted octanol–water partition coefficient (Wildman–Crippen LogP) is 2.58. The van der Waals surface area contributed by atoms with E-state index in [1.54, 1.807) is 6.20 Å². The Bertz CT molecular complexity index is 589. The van der Waals surface area contributed by atoms with Crippen LogP contribution >= 0.6 is 0 Å². The molecule has 2 aromatic heterocycles. The Morgan fingerprint density at radius 3 is 3.17 bits per heavy atom. The maximum absolute atomic E-state index is 11.6. The van der Waals surface area contributed by atoms with Crippen molar-refractivity contribution >= 4 is 16.7 Å². The summed E-state index contributed by atoms with van der Waals surface area (Å²) in [6.45, 7) is 2.99. The van der Waals surface area contributed by atoms with E-state index in [0.29, 0.717) is 12.2 Å². The molecule has 0 radical (unpaired) electrons. The molecule has 1 atom stereocenters. The Balaban J connectivity index is 1.89. The number of pyridine rings is 1. The number of hydrogen-bond acceptors (Lipinski definition) is 3. The van der Waals surface area contributed by atoms with E-state index in [1.807, 2.05) is 23.1 Å². The van der Waals surface area contributed by atoms with Crippen LogP contribution in [0.25, 0.3) is 10.9 Å². The highest BCUT2D eigenvalue weighted by atomic mass is 16.1. The van der Waals surface area contributed by atoms with E-state index in [0.717, 1.165) is 36.7 Å². The topological polar surface area (TPSA) is 47.8 Å². The molecular formula is C14H17N3O. The lowest BCUT2D eigenvalue weighted by Gasteiger charge is -2.32. The van der Waals surface area contributed by atoms with E-state index >= 15 is 0 Å². The number of fused-ring (bicyclic) bond motifs is 1. The van der Waals surface area contributed by atoms with Gasteiger partial charge in [-0.1, -0.05) is 6.92 Å². The zero-order chi connectivity index (χ0) is 12.6. The van der Waals surface area contributed by atoms with Crippen LogP contribution in [-0.2, 0) is 11.3 Å². The van der Waals surface area contributed by atoms with E-state index in [4.69, 9.17) is 0 Å². The number of carbonyl (C=O) groups excluding carboxylic acids is 1. The second-order valence-corrected chi connectivity index (χ2v) is 5.62. The molecule has 0 amide bonds. The van der Waals surface area contributed by atoms with Crippen molar-refractivity contribution in [2.45, 2.75) is 39.2 Å². The first-order chi connectivity index (χ1) is 8.66. The van der Waals surface area contributed by atoms with Crippen LogP contribution in [0.5, 0.6) is 0 Å². The summed E-state index contributed by atoms with van der Waals surface area (Å²) >= 11 is 0. The minimum absolute atomic E-state index is 0.0458. The van der Waals surface area contributed by atoms with Gasteiger partial charge in [0.1, 0.15) is 5.78 Å². The number of rotatable bonds is 2. The van der Waals surface area contributed by atoms with Gasteiger partial charge < -0.3 is 0 Å². The smallest absolute Gasteiger partial charge is 0.133 e. The molecule has 0 saturated heterocycles. The molecule has 1 aliphatic rings. The molecule has 94 valence electrons. The van der Waals surface area contributed by atoms with Gasteiger partial charge in [0.15, 0.2) is 0 Å². The summed E-state index contributed by atoms with van der Waals surface area (Å²) in [6.07, 6.45) is 9.01. The lowest BCUT2D eigenvalue weighted by molar-refractivity contribution is -0.123. The summed E-state index contributed by atoms with van der Waals surface area (Å²) in [4.78, 5) is 15.8.